The van der Waals surface area contributed by atoms with Crippen LogP contribution >= 0.6 is 11.8 Å². The number of thioether (sulfide) groups is 1. The number of aliphatic hydroxyl groups is 1. The largest absolute Gasteiger partial charge is 0.480 e. The Morgan fingerprint density at radius 3 is 1.27 bits per heavy atom. The number of unbranched alkanes of at least 4 members (excludes halogenated alkanes) is 14. The van der Waals surface area contributed by atoms with Crippen LogP contribution in [0.15, 0.2) is 65.4 Å². The maximum Gasteiger partial charge on any atom is 0.326 e. The number of hydrogen-bond acceptors (Lipinski definition) is 23. The van der Waals surface area contributed by atoms with E-state index in [-0.39, 0.29) is 146 Å². The van der Waals surface area contributed by atoms with E-state index < -0.39 is 181 Å². The Morgan fingerprint density at radius 1 is 0.415 bits per heavy atom. The average molecular weight is 1850 g/mol. The van der Waals surface area contributed by atoms with Gasteiger partial charge in [-0.05, 0) is 140 Å². The zero-order valence-electron chi connectivity index (χ0n) is 76.2. The van der Waals surface area contributed by atoms with Crippen molar-refractivity contribution in [3.8, 4) is 0 Å². The van der Waals surface area contributed by atoms with E-state index in [0.29, 0.717) is 36.2 Å². The molecule has 43 nitrogen and oxygen atoms in total. The predicted octanol–water partition coefficient (Wildman–Crippen LogP) is -1.51. The van der Waals surface area contributed by atoms with Gasteiger partial charge < -0.3 is 129 Å². The highest BCUT2D eigenvalue weighted by atomic mass is 32.2. The van der Waals surface area contributed by atoms with Gasteiger partial charge in [-0.3, -0.25) is 77.1 Å². The van der Waals surface area contributed by atoms with Gasteiger partial charge in [-0.15, -0.1) is 0 Å². The lowest BCUT2D eigenvalue weighted by molar-refractivity contribution is -0.142. The Balaban J connectivity index is 1.84. The number of nitrogens with zero attached hydrogens (tertiary/aromatic N) is 4. The molecule has 0 fully saturated rings. The Labute approximate surface area is 765 Å². The van der Waals surface area contributed by atoms with Crippen molar-refractivity contribution in [1.82, 2.24) is 89.1 Å². The number of aromatic nitrogens is 4. The van der Waals surface area contributed by atoms with E-state index in [4.69, 9.17) is 40.1 Å². The standard InChI is InChI=1S/C86H146N26O17S/c1-7-8-9-10-11-12-13-14-15-16-17-18-22-35-70(115)102-59(33-27-41-96-85(90)91)78(122)112-72(55(5)113)83(127)111-65(44-53(2)3)79(123)109-66(45-56-29-20-19-21-30-56)80(124)105-60(31-23-25-39-87)75(119)101-54(4)73(117)108-67(46-57-48-94-51-99-57)81(125)106-63(38-43-130-6)74(118)98-50-71(116)103-62(36-37-69(89)114)77(121)104-61(32-24-26-40-88)76(120)110-68(47-58-49-95-52-100-58)82(126)107-64(84(128)129)34-28-42-97-86(92)93/h19-21,29-30,48-49,51-55,59-68,72,113H,7-18,22-28,31-47,50,87-88H2,1-6H3,(H2,89,114)(H,94,99)(H,95,100)(H,98,118)(H,101,119)(H,102,115)(H,103,116)(H,104,121)(H,105,124)(H,106,125)(H,107,126)(H,108,117)(H,109,123)(H,110,120)(H,111,127)(H,112,122)(H,128,129)(H4,90,91,96)(H4,92,93,97)/t54-,55+,59-,60-,61-,62-,63-,64-,65-,66-,67-,68-,72-/m0/s1. The summed E-state index contributed by atoms with van der Waals surface area (Å²) in [5.74, 6) is -13.9. The monoisotopic (exact) mass is 1850 g/mol. The molecule has 0 radical (unpaired) electrons. The third kappa shape index (κ3) is 48.2. The number of primary amides is 1. The number of hydrogen-bond donors (Lipinski definition) is 24. The number of carbonyl (C=O) groups is 15. The number of H-pyrrole nitrogens is 2. The lowest BCUT2D eigenvalue weighted by atomic mass is 9.99. The predicted molar refractivity (Wildman–Crippen MR) is 493 cm³/mol. The zero-order chi connectivity index (χ0) is 96.3. The number of carboxylic acid groups (broad SMARTS) is 1. The summed E-state index contributed by atoms with van der Waals surface area (Å²) < 4.78 is 0. The van der Waals surface area contributed by atoms with Crippen molar-refractivity contribution in [3.05, 3.63) is 72.3 Å². The van der Waals surface area contributed by atoms with Gasteiger partial charge in [0.1, 0.15) is 72.5 Å². The van der Waals surface area contributed by atoms with E-state index in [1.54, 1.807) is 50.4 Å². The fraction of sp³-hybridized carbons (Fsp3) is 0.663. The number of aliphatic hydroxyl groups excluding tert-OH is 1. The van der Waals surface area contributed by atoms with Gasteiger partial charge in [0.05, 0.1) is 25.3 Å². The van der Waals surface area contributed by atoms with Crippen LogP contribution in [0.1, 0.15) is 231 Å². The number of carboxylic acids is 1. The molecule has 0 saturated heterocycles. The van der Waals surface area contributed by atoms with E-state index in [1.165, 1.54) is 102 Å². The smallest absolute Gasteiger partial charge is 0.326 e. The molecule has 130 heavy (non-hydrogen) atoms. The number of rotatable bonds is 71. The number of nitrogens with one attached hydrogen (secondary N) is 15. The van der Waals surface area contributed by atoms with Gasteiger partial charge in [0.15, 0.2) is 11.9 Å². The number of aliphatic carboxylic acids is 1. The molecule has 13 atom stereocenters. The third-order valence-corrected chi connectivity index (χ3v) is 21.8. The highest BCUT2D eigenvalue weighted by molar-refractivity contribution is 7.98. The molecule has 0 saturated carbocycles. The topological polar surface area (TPSA) is 717 Å². The molecule has 3 aromatic rings. The summed E-state index contributed by atoms with van der Waals surface area (Å²) in [6, 6.07) is -8.72. The molecule has 2 aromatic heterocycles. The van der Waals surface area contributed by atoms with Crippen LogP contribution < -0.4 is 109 Å². The number of guanidine groups is 2. The molecule has 0 spiro atoms. The molecule has 44 heteroatoms. The summed E-state index contributed by atoms with van der Waals surface area (Å²) in [7, 11) is 0. The van der Waals surface area contributed by atoms with Crippen LogP contribution in [0, 0.1) is 5.92 Å². The van der Waals surface area contributed by atoms with Gasteiger partial charge in [-0.25, -0.2) is 14.8 Å². The molecular weight excluding hydrogens is 1700 g/mol. The molecule has 0 aliphatic carbocycles. The molecule has 31 N–H and O–H groups in total. The lowest BCUT2D eigenvalue weighted by Gasteiger charge is -2.29. The third-order valence-electron chi connectivity index (χ3n) is 21.1. The molecule has 3 rings (SSSR count). The Bertz CT molecular complexity index is 3990. The average Bonchev–Trinajstić information content (AvgIpc) is 1.19. The Morgan fingerprint density at radius 2 is 0.815 bits per heavy atom. The fourth-order valence-corrected chi connectivity index (χ4v) is 14.3. The first-order valence-electron chi connectivity index (χ1n) is 45.2. The maximum atomic E-state index is 14.9. The fourth-order valence-electron chi connectivity index (χ4n) is 13.9. The maximum absolute atomic E-state index is 14.9. The quantitative estimate of drug-likeness (QED) is 0.0174. The van der Waals surface area contributed by atoms with Crippen molar-refractivity contribution >= 4 is 112 Å². The van der Waals surface area contributed by atoms with Gasteiger partial charge in [0, 0.05) is 69.0 Å². The molecule has 0 unspecified atom stereocenters. The summed E-state index contributed by atoms with van der Waals surface area (Å²) in [6.45, 7) is 8.09. The van der Waals surface area contributed by atoms with Crippen LogP contribution in [0.2, 0.25) is 0 Å². The number of carbonyl (C=O) groups excluding carboxylic acids is 14. The van der Waals surface area contributed by atoms with Crippen LogP contribution in [-0.2, 0) is 91.2 Å². The number of amides is 14. The van der Waals surface area contributed by atoms with Crippen molar-refractivity contribution in [2.75, 3.05) is 44.7 Å². The zero-order valence-corrected chi connectivity index (χ0v) is 77.0. The van der Waals surface area contributed by atoms with Gasteiger partial charge >= 0.3 is 5.97 Å². The molecule has 0 aliphatic heterocycles. The highest BCUT2D eigenvalue weighted by Gasteiger charge is 2.38. The molecule has 2 heterocycles. The van der Waals surface area contributed by atoms with Crippen molar-refractivity contribution < 1.29 is 82.1 Å². The van der Waals surface area contributed by atoms with Gasteiger partial charge in [-0.1, -0.05) is 128 Å². The first kappa shape index (κ1) is 113. The van der Waals surface area contributed by atoms with Crippen LogP contribution in [0.25, 0.3) is 0 Å². The second-order valence-corrected chi connectivity index (χ2v) is 33.9. The molecule has 14 amide bonds. The first-order chi connectivity index (χ1) is 62.1. The van der Waals surface area contributed by atoms with Crippen molar-refractivity contribution in [2.24, 2.45) is 56.0 Å². The van der Waals surface area contributed by atoms with Gasteiger partial charge in [0.25, 0.3) is 0 Å². The summed E-state index contributed by atoms with van der Waals surface area (Å²) >= 11 is 1.30. The van der Waals surface area contributed by atoms with Crippen LogP contribution in [-0.4, -0.2) is 254 Å². The lowest BCUT2D eigenvalue weighted by Crippen LogP contribution is -2.61. The van der Waals surface area contributed by atoms with Crippen LogP contribution in [0.3, 0.4) is 0 Å². The second-order valence-electron chi connectivity index (χ2n) is 32.9. The summed E-state index contributed by atoms with van der Waals surface area (Å²) in [5, 5.41) is 55.0. The first-order valence-corrected chi connectivity index (χ1v) is 46.6. The molecule has 1 aromatic carbocycles. The van der Waals surface area contributed by atoms with E-state index in [0.717, 1.165) is 25.7 Å². The minimum atomic E-state index is -1.66. The van der Waals surface area contributed by atoms with Crippen LogP contribution in [0.5, 0.6) is 0 Å². The number of aliphatic imine (C=N–C) groups is 2. The number of nitrogens with two attached hydrogens (primary N) is 7. The second kappa shape index (κ2) is 65.1. The molecule has 728 valence electrons. The molecular formula is C86H146N26O17S. The van der Waals surface area contributed by atoms with E-state index in [1.807, 2.05) is 0 Å². The van der Waals surface area contributed by atoms with E-state index in [9.17, 15) is 82.1 Å². The summed E-state index contributed by atoms with van der Waals surface area (Å²) in [4.78, 5) is 231. The van der Waals surface area contributed by atoms with Gasteiger partial charge in [-0.2, -0.15) is 11.8 Å². The molecule has 0 aliphatic rings. The number of aromatic amines is 2. The minimum absolute atomic E-state index is 0.0115. The summed E-state index contributed by atoms with van der Waals surface area (Å²) in [6.07, 6.45) is 20.3. The van der Waals surface area contributed by atoms with Crippen LogP contribution in [0.4, 0.5) is 0 Å². The van der Waals surface area contributed by atoms with Gasteiger partial charge in [0.2, 0.25) is 82.7 Å². The highest BCUT2D eigenvalue weighted by Crippen LogP contribution is 2.17. The van der Waals surface area contributed by atoms with Crippen molar-refractivity contribution in [3.63, 3.8) is 0 Å². The number of benzene rings is 1. The summed E-state index contributed by atoms with van der Waals surface area (Å²) in [5.41, 5.74) is 40.3. The minimum Gasteiger partial charge on any atom is -0.480 e. The van der Waals surface area contributed by atoms with E-state index >= 15 is 0 Å². The SMILES string of the molecule is CCCCCCCCCCCCCCCC(=O)N[C@@H](CCCN=C(N)N)C(=O)N[C@H](C(=O)N[C@@H](CC(C)C)C(=O)N[C@@H](Cc1ccccc1)C(=O)N[C@@H](CCCCN)C(=O)N[C@@H](C)C(=O)N[C@@H](Cc1cnc[nH]1)C(=O)N[C@@H](CCSC)C(=O)NCC(=O)N[C@@H](CCC(N)=O)C(=O)N[C@@H](CCCCN)C(=O)N[C@@H](Cc1cnc[nH]1)C(=O)N[C@@H](CCCN=C(N)N)C(=O)O)[C@@H](C)O. The van der Waals surface area contributed by atoms with Crippen molar-refractivity contribution in [1.29, 1.82) is 0 Å². The van der Waals surface area contributed by atoms with Crippen molar-refractivity contribution in [2.45, 2.75) is 312 Å². The molecule has 0 bridgehead atoms. The Kier molecular flexibility index (Phi) is 56.4. The number of imidazole rings is 2. The normalized spacial score (nSPS) is 14.1. The van der Waals surface area contributed by atoms with E-state index in [2.05, 4.69) is 106 Å². The Hall–Kier alpha value is -11.5.